The molecule has 1 aliphatic rings. The molecule has 4 heteroatoms. The van der Waals surface area contributed by atoms with Crippen molar-refractivity contribution in [2.45, 2.75) is 19.9 Å². The lowest BCUT2D eigenvalue weighted by Crippen LogP contribution is -2.21. The number of aromatic nitrogens is 1. The molecule has 4 nitrogen and oxygen atoms in total. The lowest BCUT2D eigenvalue weighted by Gasteiger charge is -2.06. The second-order valence-corrected chi connectivity index (χ2v) is 2.69. The van der Waals surface area contributed by atoms with Crippen LogP contribution in [-0.4, -0.2) is 17.6 Å². The molecule has 1 saturated heterocycles. The standard InChI is InChI=1S/C8H9N3O.C2H6/c12-8-10-5-7(11-8)6-1-3-9-4-2-6;1-2/h1-4,7H,5H2,(H2,10,11,12);1-2H3. The number of nitrogens with one attached hydrogen (secondary N) is 2. The van der Waals surface area contributed by atoms with E-state index in [1.54, 1.807) is 12.4 Å². The maximum absolute atomic E-state index is 10.8. The third-order valence-electron chi connectivity index (χ3n) is 1.88. The smallest absolute Gasteiger partial charge is 0.315 e. The summed E-state index contributed by atoms with van der Waals surface area (Å²) < 4.78 is 0. The number of carbonyl (C=O) groups excluding carboxylic acids is 1. The highest BCUT2D eigenvalue weighted by molar-refractivity contribution is 5.76. The molecule has 1 atom stereocenters. The molecule has 2 amide bonds. The Labute approximate surface area is 83.7 Å². The van der Waals surface area contributed by atoms with Crippen molar-refractivity contribution in [1.82, 2.24) is 15.6 Å². The van der Waals surface area contributed by atoms with E-state index in [2.05, 4.69) is 15.6 Å². The molecule has 0 aliphatic carbocycles. The topological polar surface area (TPSA) is 54.0 Å². The van der Waals surface area contributed by atoms with Crippen molar-refractivity contribution < 1.29 is 4.79 Å². The third kappa shape index (κ3) is 2.45. The number of urea groups is 1. The van der Waals surface area contributed by atoms with Crippen LogP contribution in [0.3, 0.4) is 0 Å². The summed E-state index contributed by atoms with van der Waals surface area (Å²) in [7, 11) is 0. The first kappa shape index (κ1) is 10.5. The van der Waals surface area contributed by atoms with Gasteiger partial charge in [-0.25, -0.2) is 4.79 Å². The molecule has 1 unspecified atom stereocenters. The van der Waals surface area contributed by atoms with Crippen LogP contribution in [0.25, 0.3) is 0 Å². The van der Waals surface area contributed by atoms with Gasteiger partial charge in [-0.15, -0.1) is 0 Å². The first-order valence-electron chi connectivity index (χ1n) is 4.80. The van der Waals surface area contributed by atoms with E-state index in [1.165, 1.54) is 0 Å². The van der Waals surface area contributed by atoms with Crippen molar-refractivity contribution in [3.63, 3.8) is 0 Å². The SMILES string of the molecule is CC.O=C1NCC(c2ccncc2)N1. The molecule has 0 bridgehead atoms. The molecular formula is C10H15N3O. The molecule has 1 fully saturated rings. The highest BCUT2D eigenvalue weighted by atomic mass is 16.2. The fraction of sp³-hybridized carbons (Fsp3) is 0.400. The first-order valence-corrected chi connectivity index (χ1v) is 4.80. The summed E-state index contributed by atoms with van der Waals surface area (Å²) in [5.74, 6) is 0. The summed E-state index contributed by atoms with van der Waals surface area (Å²) in [6, 6.07) is 3.80. The second-order valence-electron chi connectivity index (χ2n) is 2.69. The average Bonchev–Trinajstić information content (AvgIpc) is 2.69. The minimum absolute atomic E-state index is 0.0977. The molecule has 2 N–H and O–H groups in total. The normalized spacial score (nSPS) is 19.0. The average molecular weight is 193 g/mol. The fourth-order valence-corrected chi connectivity index (χ4v) is 1.25. The Morgan fingerprint density at radius 2 is 2.00 bits per heavy atom. The predicted octanol–water partition coefficient (Wildman–Crippen LogP) is 1.46. The second kappa shape index (κ2) is 5.21. The molecular weight excluding hydrogens is 178 g/mol. The van der Waals surface area contributed by atoms with E-state index < -0.39 is 0 Å². The molecule has 1 aliphatic heterocycles. The zero-order chi connectivity index (χ0) is 10.4. The van der Waals surface area contributed by atoms with Crippen LogP contribution in [0.15, 0.2) is 24.5 Å². The summed E-state index contributed by atoms with van der Waals surface area (Å²) in [6.45, 7) is 4.66. The molecule has 0 aromatic carbocycles. The predicted molar refractivity (Wildman–Crippen MR) is 54.9 cm³/mol. The van der Waals surface area contributed by atoms with Gasteiger partial charge in [0.25, 0.3) is 0 Å². The Morgan fingerprint density at radius 3 is 2.50 bits per heavy atom. The molecule has 1 aromatic rings. The van der Waals surface area contributed by atoms with Crippen molar-refractivity contribution >= 4 is 6.03 Å². The van der Waals surface area contributed by atoms with E-state index in [0.717, 1.165) is 5.56 Å². The van der Waals surface area contributed by atoms with Gasteiger partial charge in [0.05, 0.1) is 6.04 Å². The molecule has 0 radical (unpaired) electrons. The number of rotatable bonds is 1. The Morgan fingerprint density at radius 1 is 1.36 bits per heavy atom. The minimum Gasteiger partial charge on any atom is -0.336 e. The molecule has 2 heterocycles. The van der Waals surface area contributed by atoms with E-state index in [9.17, 15) is 4.79 Å². The Hall–Kier alpha value is -1.58. The minimum atomic E-state index is -0.100. The molecule has 14 heavy (non-hydrogen) atoms. The zero-order valence-corrected chi connectivity index (χ0v) is 8.45. The summed E-state index contributed by atoms with van der Waals surface area (Å²) >= 11 is 0. The van der Waals surface area contributed by atoms with Crippen molar-refractivity contribution in [2.75, 3.05) is 6.54 Å². The number of amides is 2. The van der Waals surface area contributed by atoms with Gasteiger partial charge in [-0.1, -0.05) is 13.8 Å². The van der Waals surface area contributed by atoms with E-state index in [4.69, 9.17) is 0 Å². The number of nitrogens with zero attached hydrogens (tertiary/aromatic N) is 1. The van der Waals surface area contributed by atoms with E-state index in [-0.39, 0.29) is 12.1 Å². The summed E-state index contributed by atoms with van der Waals surface area (Å²) in [6.07, 6.45) is 3.44. The van der Waals surface area contributed by atoms with Crippen molar-refractivity contribution in [1.29, 1.82) is 0 Å². The Bertz CT molecular complexity index is 287. The van der Waals surface area contributed by atoms with Crippen LogP contribution in [0.1, 0.15) is 25.5 Å². The number of carbonyl (C=O) groups is 1. The van der Waals surface area contributed by atoms with Crippen molar-refractivity contribution in [3.05, 3.63) is 30.1 Å². The largest absolute Gasteiger partial charge is 0.336 e. The molecule has 76 valence electrons. The van der Waals surface area contributed by atoms with Crippen LogP contribution >= 0.6 is 0 Å². The number of hydrogen-bond donors (Lipinski definition) is 2. The van der Waals surface area contributed by atoms with E-state index >= 15 is 0 Å². The summed E-state index contributed by atoms with van der Waals surface area (Å²) in [5, 5.41) is 5.49. The van der Waals surface area contributed by atoms with Gasteiger partial charge < -0.3 is 10.6 Å². The Balaban J connectivity index is 0.000000461. The third-order valence-corrected chi connectivity index (χ3v) is 1.88. The van der Waals surface area contributed by atoms with Crippen LogP contribution in [0.4, 0.5) is 4.79 Å². The van der Waals surface area contributed by atoms with Crippen LogP contribution in [0.5, 0.6) is 0 Å². The molecule has 1 aromatic heterocycles. The van der Waals surface area contributed by atoms with Crippen LogP contribution in [0.2, 0.25) is 0 Å². The van der Waals surface area contributed by atoms with Crippen LogP contribution < -0.4 is 10.6 Å². The van der Waals surface area contributed by atoms with Gasteiger partial charge >= 0.3 is 6.03 Å². The lowest BCUT2D eigenvalue weighted by molar-refractivity contribution is 0.247. The van der Waals surface area contributed by atoms with Gasteiger partial charge in [0.15, 0.2) is 0 Å². The molecule has 0 saturated carbocycles. The van der Waals surface area contributed by atoms with Gasteiger partial charge in [-0.05, 0) is 17.7 Å². The fourth-order valence-electron chi connectivity index (χ4n) is 1.25. The van der Waals surface area contributed by atoms with E-state index in [0.29, 0.717) is 6.54 Å². The quantitative estimate of drug-likeness (QED) is 0.709. The van der Waals surface area contributed by atoms with Crippen molar-refractivity contribution in [2.24, 2.45) is 0 Å². The maximum Gasteiger partial charge on any atom is 0.315 e. The van der Waals surface area contributed by atoms with E-state index in [1.807, 2.05) is 26.0 Å². The molecule has 0 spiro atoms. The van der Waals surface area contributed by atoms with Crippen LogP contribution in [0, 0.1) is 0 Å². The summed E-state index contributed by atoms with van der Waals surface area (Å²) in [5.41, 5.74) is 1.09. The van der Waals surface area contributed by atoms with Gasteiger partial charge in [-0.3, -0.25) is 4.98 Å². The van der Waals surface area contributed by atoms with Gasteiger partial charge in [0.1, 0.15) is 0 Å². The molecule has 2 rings (SSSR count). The van der Waals surface area contributed by atoms with Crippen molar-refractivity contribution in [3.8, 4) is 0 Å². The van der Waals surface area contributed by atoms with Crippen LogP contribution in [-0.2, 0) is 0 Å². The lowest BCUT2D eigenvalue weighted by atomic mass is 10.1. The number of hydrogen-bond acceptors (Lipinski definition) is 2. The zero-order valence-electron chi connectivity index (χ0n) is 8.45. The highest BCUT2D eigenvalue weighted by Gasteiger charge is 2.20. The first-order chi connectivity index (χ1) is 6.86. The summed E-state index contributed by atoms with van der Waals surface area (Å²) in [4.78, 5) is 14.7. The van der Waals surface area contributed by atoms with Gasteiger partial charge in [0.2, 0.25) is 0 Å². The van der Waals surface area contributed by atoms with Gasteiger partial charge in [-0.2, -0.15) is 0 Å². The number of pyridine rings is 1. The highest BCUT2D eigenvalue weighted by Crippen LogP contribution is 2.12. The maximum atomic E-state index is 10.8. The monoisotopic (exact) mass is 193 g/mol. The Kier molecular flexibility index (Phi) is 3.91. The van der Waals surface area contributed by atoms with Gasteiger partial charge in [0, 0.05) is 18.9 Å².